The summed E-state index contributed by atoms with van der Waals surface area (Å²) in [7, 11) is 0. The van der Waals surface area contributed by atoms with Crippen LogP contribution in [0.25, 0.3) is 11.4 Å². The van der Waals surface area contributed by atoms with E-state index in [1.54, 1.807) is 30.6 Å². The number of hydrogen-bond donors (Lipinski definition) is 1. The van der Waals surface area contributed by atoms with Crippen LogP contribution in [-0.4, -0.2) is 20.5 Å². The van der Waals surface area contributed by atoms with Crippen molar-refractivity contribution in [3.8, 4) is 17.5 Å². The molecule has 2 rings (SSSR count). The number of aromatic nitrogens is 2. The largest absolute Gasteiger partial charge is 0.322 e. The molecule has 0 aliphatic carbocycles. The molecule has 0 spiro atoms. The van der Waals surface area contributed by atoms with Crippen LogP contribution in [0.3, 0.4) is 0 Å². The van der Waals surface area contributed by atoms with Crippen LogP contribution in [-0.2, 0) is 0 Å². The Morgan fingerprint density at radius 1 is 1.21 bits per heavy atom. The molecular weight excluding hydrogens is 258 g/mol. The molecule has 0 fully saturated rings. The Morgan fingerprint density at radius 2 is 1.84 bits per heavy atom. The molecular formula is C13H9N5S. The zero-order chi connectivity index (χ0) is 13.7. The zero-order valence-electron chi connectivity index (χ0n) is 9.82. The van der Waals surface area contributed by atoms with E-state index in [1.165, 1.54) is 0 Å². The molecule has 1 aromatic carbocycles. The molecule has 0 aliphatic rings. The highest BCUT2D eigenvalue weighted by molar-refractivity contribution is 7.82. The quantitative estimate of drug-likeness (QED) is 0.300. The first-order chi connectivity index (χ1) is 9.26. The van der Waals surface area contributed by atoms with E-state index in [1.807, 2.05) is 18.2 Å². The maximum absolute atomic E-state index is 8.82. The van der Waals surface area contributed by atoms with E-state index in [0.29, 0.717) is 16.3 Å². The summed E-state index contributed by atoms with van der Waals surface area (Å²) >= 11 is 5.14. The maximum Gasteiger partial charge on any atom is 0.178 e. The molecule has 1 aromatic heterocycles. The highest BCUT2D eigenvalue weighted by Gasteiger charge is 2.09. The molecule has 5 nitrogen and oxygen atoms in total. The number of thiocarbonyl (C=S) groups is 1. The number of hydrazone groups is 1. The lowest BCUT2D eigenvalue weighted by molar-refractivity contribution is 1.18. The summed E-state index contributed by atoms with van der Waals surface area (Å²) < 4.78 is 0. The normalized spacial score (nSPS) is 10.8. The molecule has 0 unspecified atom stereocenters. The second kappa shape index (κ2) is 5.80. The summed E-state index contributed by atoms with van der Waals surface area (Å²) in [6.45, 7) is 0. The summed E-state index contributed by atoms with van der Waals surface area (Å²) in [6.07, 6.45) is 3.35. The third-order valence-corrected chi connectivity index (χ3v) is 2.85. The summed E-state index contributed by atoms with van der Waals surface area (Å²) in [5.74, 6) is 5.73. The van der Waals surface area contributed by atoms with Crippen molar-refractivity contribution in [2.45, 2.75) is 0 Å². The average Bonchev–Trinajstić information content (AvgIpc) is 2.49. The second-order valence-corrected chi connectivity index (χ2v) is 3.98. The van der Waals surface area contributed by atoms with Gasteiger partial charge < -0.3 is 5.84 Å². The van der Waals surface area contributed by atoms with Crippen LogP contribution in [0.15, 0.2) is 47.8 Å². The fourth-order valence-corrected chi connectivity index (χ4v) is 1.73. The SMILES string of the molecule is N#CC(=NN)C(=S)c1ccc(-c2ncccn2)cc1. The first kappa shape index (κ1) is 12.8. The molecule has 1 heterocycles. The number of benzene rings is 1. The van der Waals surface area contributed by atoms with Gasteiger partial charge in [-0.2, -0.15) is 10.4 Å². The van der Waals surface area contributed by atoms with E-state index in [2.05, 4.69) is 15.1 Å². The first-order valence-corrected chi connectivity index (χ1v) is 5.77. The van der Waals surface area contributed by atoms with Crippen LogP contribution in [0.5, 0.6) is 0 Å². The Bertz CT molecular complexity index is 656. The number of rotatable bonds is 3. The lowest BCUT2D eigenvalue weighted by atomic mass is 10.1. The first-order valence-electron chi connectivity index (χ1n) is 5.36. The minimum Gasteiger partial charge on any atom is -0.322 e. The molecule has 0 radical (unpaired) electrons. The van der Waals surface area contributed by atoms with Crippen molar-refractivity contribution in [3.05, 3.63) is 48.3 Å². The van der Waals surface area contributed by atoms with Crippen LogP contribution in [0, 0.1) is 11.3 Å². The summed E-state index contributed by atoms with van der Waals surface area (Å²) in [5, 5.41) is 12.2. The molecule has 19 heavy (non-hydrogen) atoms. The number of nitrogens with two attached hydrogens (primary N) is 1. The van der Waals surface area contributed by atoms with Gasteiger partial charge in [-0.25, -0.2) is 9.97 Å². The maximum atomic E-state index is 8.82. The van der Waals surface area contributed by atoms with Crippen LogP contribution in [0.4, 0.5) is 0 Å². The second-order valence-electron chi connectivity index (χ2n) is 3.57. The smallest absolute Gasteiger partial charge is 0.178 e. The van der Waals surface area contributed by atoms with Gasteiger partial charge in [-0.3, -0.25) is 0 Å². The minimum atomic E-state index is 0.0405. The van der Waals surface area contributed by atoms with Gasteiger partial charge in [-0.15, -0.1) is 0 Å². The average molecular weight is 267 g/mol. The van der Waals surface area contributed by atoms with Crippen molar-refractivity contribution >= 4 is 22.8 Å². The van der Waals surface area contributed by atoms with Gasteiger partial charge in [0.05, 0.1) is 4.86 Å². The molecule has 0 aliphatic heterocycles. The number of hydrogen-bond acceptors (Lipinski definition) is 6. The topological polar surface area (TPSA) is 88.0 Å². The van der Waals surface area contributed by atoms with Gasteiger partial charge in [0.15, 0.2) is 11.5 Å². The van der Waals surface area contributed by atoms with E-state index in [-0.39, 0.29) is 5.71 Å². The molecule has 0 bridgehead atoms. The summed E-state index contributed by atoms with van der Waals surface area (Å²) in [6, 6.07) is 10.9. The van der Waals surface area contributed by atoms with Crippen LogP contribution >= 0.6 is 12.2 Å². The number of nitriles is 1. The van der Waals surface area contributed by atoms with Gasteiger partial charge in [0.2, 0.25) is 0 Å². The van der Waals surface area contributed by atoms with Crippen molar-refractivity contribution in [2.24, 2.45) is 10.9 Å². The lowest BCUT2D eigenvalue weighted by Crippen LogP contribution is -2.12. The lowest BCUT2D eigenvalue weighted by Gasteiger charge is -2.03. The minimum absolute atomic E-state index is 0.0405. The molecule has 0 amide bonds. The molecule has 2 N–H and O–H groups in total. The van der Waals surface area contributed by atoms with Crippen LogP contribution in [0.1, 0.15) is 5.56 Å². The fourth-order valence-electron chi connectivity index (χ4n) is 1.49. The van der Waals surface area contributed by atoms with Crippen LogP contribution in [0.2, 0.25) is 0 Å². The third kappa shape index (κ3) is 2.78. The van der Waals surface area contributed by atoms with Gasteiger partial charge in [-0.05, 0) is 11.6 Å². The molecule has 2 aromatic rings. The summed E-state index contributed by atoms with van der Waals surface area (Å²) in [5.41, 5.74) is 1.62. The highest BCUT2D eigenvalue weighted by Crippen LogP contribution is 2.15. The fraction of sp³-hybridized carbons (Fsp3) is 0. The van der Waals surface area contributed by atoms with E-state index >= 15 is 0 Å². The Kier molecular flexibility index (Phi) is 3.90. The van der Waals surface area contributed by atoms with E-state index in [4.69, 9.17) is 23.3 Å². The summed E-state index contributed by atoms with van der Waals surface area (Å²) in [4.78, 5) is 8.63. The molecule has 6 heteroatoms. The van der Waals surface area contributed by atoms with E-state index in [9.17, 15) is 0 Å². The van der Waals surface area contributed by atoms with E-state index in [0.717, 1.165) is 5.56 Å². The van der Waals surface area contributed by atoms with Crippen LogP contribution < -0.4 is 5.84 Å². The van der Waals surface area contributed by atoms with Gasteiger partial charge in [-0.1, -0.05) is 36.5 Å². The Labute approximate surface area is 115 Å². The predicted octanol–water partition coefficient (Wildman–Crippen LogP) is 1.70. The highest BCUT2D eigenvalue weighted by atomic mass is 32.1. The van der Waals surface area contributed by atoms with Crippen molar-refractivity contribution in [1.82, 2.24) is 9.97 Å². The van der Waals surface area contributed by atoms with Gasteiger partial charge in [0.25, 0.3) is 0 Å². The van der Waals surface area contributed by atoms with Gasteiger partial charge in [0, 0.05) is 18.0 Å². The van der Waals surface area contributed by atoms with Crippen molar-refractivity contribution < 1.29 is 0 Å². The van der Waals surface area contributed by atoms with Gasteiger partial charge in [0.1, 0.15) is 6.07 Å². The predicted molar refractivity (Wildman–Crippen MR) is 76.4 cm³/mol. The Balaban J connectivity index is 2.30. The third-order valence-electron chi connectivity index (χ3n) is 2.42. The zero-order valence-corrected chi connectivity index (χ0v) is 10.6. The standard InChI is InChI=1S/C13H9N5S/c14-8-11(18-15)12(19)9-2-4-10(5-3-9)13-16-6-1-7-17-13/h1-7H,15H2. The Hall–Kier alpha value is -2.65. The van der Waals surface area contributed by atoms with Crippen molar-refractivity contribution in [1.29, 1.82) is 5.26 Å². The number of nitrogens with zero attached hydrogens (tertiary/aromatic N) is 4. The molecule has 0 atom stereocenters. The Morgan fingerprint density at radius 3 is 2.37 bits per heavy atom. The molecule has 0 saturated carbocycles. The molecule has 0 saturated heterocycles. The van der Waals surface area contributed by atoms with Crippen molar-refractivity contribution in [2.75, 3.05) is 0 Å². The van der Waals surface area contributed by atoms with Crippen molar-refractivity contribution in [3.63, 3.8) is 0 Å². The monoisotopic (exact) mass is 267 g/mol. The van der Waals surface area contributed by atoms with Gasteiger partial charge >= 0.3 is 0 Å². The molecule has 92 valence electrons. The van der Waals surface area contributed by atoms with E-state index < -0.39 is 0 Å².